The van der Waals surface area contributed by atoms with Crippen LogP contribution in [0.3, 0.4) is 0 Å². The number of amides is 1. The third-order valence-electron chi connectivity index (χ3n) is 12.9. The van der Waals surface area contributed by atoms with E-state index in [9.17, 15) is 67.5 Å². The van der Waals surface area contributed by atoms with Gasteiger partial charge in [-0.1, -0.05) is 18.8 Å². The highest BCUT2D eigenvalue weighted by molar-refractivity contribution is 7.66. The van der Waals surface area contributed by atoms with Crippen LogP contribution in [0.5, 0.6) is 0 Å². The largest absolute Gasteiger partial charge is 0.778 e. The Morgan fingerprint density at radius 2 is 1.39 bits per heavy atom. The Hall–Kier alpha value is -5.60. The van der Waals surface area contributed by atoms with Crippen molar-refractivity contribution < 1.29 is 104 Å². The number of rotatable bonds is 21. The van der Waals surface area contributed by atoms with Gasteiger partial charge in [0, 0.05) is 25.5 Å². The number of nitrogen functional groups attached to an aromatic ring is 3. The van der Waals surface area contributed by atoms with Gasteiger partial charge in [-0.2, -0.15) is 13.6 Å². The van der Waals surface area contributed by atoms with Crippen molar-refractivity contribution in [3.8, 4) is 0 Å². The number of ether oxygens (including phenoxy) is 4. The quantitative estimate of drug-likeness (QED) is 0.0240. The lowest BCUT2D eigenvalue weighted by atomic mass is 9.98. The number of carbonyl (C=O) groups is 1. The van der Waals surface area contributed by atoms with Gasteiger partial charge in [-0.3, -0.25) is 47.1 Å². The second-order valence-corrected chi connectivity index (χ2v) is 25.1. The van der Waals surface area contributed by atoms with Gasteiger partial charge in [-0.15, -0.1) is 0 Å². The lowest BCUT2D eigenvalue weighted by molar-refractivity contribution is -0.745. The number of nitrogens with two attached hydrogens (primary N) is 3. The number of anilines is 3. The first kappa shape index (κ1) is 59.0. The molecule has 1 amide bonds. The van der Waals surface area contributed by atoms with Crippen LogP contribution in [-0.4, -0.2) is 171 Å². The van der Waals surface area contributed by atoms with Gasteiger partial charge in [0.05, 0.1) is 57.4 Å². The number of methoxy groups -OCH3 is 1. The Balaban J connectivity index is 0.895. The summed E-state index contributed by atoms with van der Waals surface area (Å²) in [4.78, 5) is 113. The summed E-state index contributed by atoms with van der Waals surface area (Å²) in [7, 11) is -21.2. The van der Waals surface area contributed by atoms with Crippen molar-refractivity contribution in [3.05, 3.63) is 46.0 Å². The summed E-state index contributed by atoms with van der Waals surface area (Å²) in [6.45, 7) is -0.614. The summed E-state index contributed by atoms with van der Waals surface area (Å²) >= 11 is 0. The predicted octanol–water partition coefficient (Wildman–Crippen LogP) is -4.25. The molecule has 0 saturated carbocycles. The molecule has 9 heterocycles. The highest BCUT2D eigenvalue weighted by Gasteiger charge is 2.55. The van der Waals surface area contributed by atoms with Crippen LogP contribution in [0, 0.1) is 11.8 Å². The molecule has 80 heavy (non-hydrogen) atoms. The average Bonchev–Trinajstić information content (AvgIpc) is 4.22. The zero-order chi connectivity index (χ0) is 58.1. The van der Waals surface area contributed by atoms with Crippen LogP contribution >= 0.6 is 31.1 Å². The minimum Gasteiger partial charge on any atom is -0.778 e. The molecule has 16 atom stereocenters. The monoisotopic (exact) mass is 1210 g/mol. The fourth-order valence-electron chi connectivity index (χ4n) is 9.24. The first-order valence-electron chi connectivity index (χ1n) is 23.4. The number of aliphatic hydroxyl groups is 3. The number of aryl methyl sites for hydroxylation is 1. The molecule has 9 rings (SSSR count). The summed E-state index contributed by atoms with van der Waals surface area (Å²) in [5.74, 6) is -2.92. The van der Waals surface area contributed by atoms with Gasteiger partial charge in [0.2, 0.25) is 23.6 Å². The Kier molecular flexibility index (Phi) is 16.4. The molecule has 6 aromatic heterocycles. The molecule has 0 radical (unpaired) electrons. The van der Waals surface area contributed by atoms with Crippen molar-refractivity contribution in [2.45, 2.75) is 80.9 Å². The molecule has 4 unspecified atom stereocenters. The SMILES string of the molecule is CO[C@@H]1[C@H](P(=O)([O-])OC[C@H]2O[C@@H](n3cnc4c(=O)[nH]c(N)nc43)[C@H](O)[C@@H]2O)[C@@H](COP(=O)(O)OP(=O)(O)OP(=O)(O)OC[C@H]2O[C@@H]([n+]3cn(C)c4c(=O)[nH]c(N)nc43)[C@H](O)[C@@H]2CNC(=O)C(C)C)O[C@H]1n1cnc2c(N)ncnc21. The molecule has 0 aliphatic carbocycles. The Bertz CT molecular complexity index is 3650. The lowest BCUT2D eigenvalue weighted by Crippen LogP contribution is -2.46. The van der Waals surface area contributed by atoms with Crippen LogP contribution < -0.4 is 43.1 Å². The van der Waals surface area contributed by atoms with Gasteiger partial charge in [0.25, 0.3) is 17.1 Å². The molecule has 3 aliphatic heterocycles. The zero-order valence-electron chi connectivity index (χ0n) is 41.8. The summed E-state index contributed by atoms with van der Waals surface area (Å²) in [5.41, 5.74) is 13.4. The number of carbonyl (C=O) groups excluding carboxylic acids is 1. The molecule has 0 bridgehead atoms. The van der Waals surface area contributed by atoms with E-state index in [2.05, 4.69) is 53.8 Å². The number of phosphoric acid groups is 3. The standard InChI is InChI=1S/C37H52N16O23P4/c1-13(2)30(57)41-5-14-15(72-33(21(14)54)53-12-50(3)20-29(53)47-37(40)49-32(20)59)6-70-78(62,63)75-80(66,67)76-79(64,65)71-8-17-25(24(68-4)35(74-17)51-10-44-18-26(38)42-9-43-27(18)51)77(60,61)69-7-16-22(55)23(56)34(73-16)52-11-45-19-28(52)46-36(39)48-31(19)58/h9-17,21-25,33-35,54-56H,5-8H2,1-4H3,(H12-,38,39,40,41,42,43,46,47,48,49,57,58,59,60,61,62,63,64,65,66,67)/t14-,15-,16-,17-,21-,22-,23-,24-,25-,33-,34-,35-/m1/s1. The van der Waals surface area contributed by atoms with E-state index >= 15 is 0 Å². The predicted molar refractivity (Wildman–Crippen MR) is 261 cm³/mol. The van der Waals surface area contributed by atoms with E-state index in [-0.39, 0.29) is 57.8 Å². The third-order valence-corrected chi connectivity index (χ3v) is 19.0. The van der Waals surface area contributed by atoms with Gasteiger partial charge >= 0.3 is 29.1 Å². The number of aliphatic hydroxyl groups excluding tert-OH is 3. The average molecular weight is 1210 g/mol. The van der Waals surface area contributed by atoms with Crippen molar-refractivity contribution in [3.63, 3.8) is 0 Å². The van der Waals surface area contributed by atoms with Gasteiger partial charge in [0.1, 0.15) is 50.0 Å². The van der Waals surface area contributed by atoms with E-state index in [0.717, 1.165) is 35.2 Å². The first-order chi connectivity index (χ1) is 37.5. The number of hydrogen-bond donors (Lipinski definition) is 12. The van der Waals surface area contributed by atoms with Crippen LogP contribution in [-0.2, 0) is 71.2 Å². The highest BCUT2D eigenvalue weighted by Crippen LogP contribution is 2.68. The molecule has 438 valence electrons. The maximum atomic E-state index is 14.4. The first-order valence-corrected chi connectivity index (χ1v) is 29.5. The van der Waals surface area contributed by atoms with E-state index in [0.29, 0.717) is 0 Å². The second kappa shape index (κ2) is 22.3. The minimum absolute atomic E-state index is 0.00320. The molecule has 3 fully saturated rings. The molecule has 0 spiro atoms. The van der Waals surface area contributed by atoms with Crippen LogP contribution in [0.2, 0.25) is 0 Å². The van der Waals surface area contributed by atoms with E-state index in [1.54, 1.807) is 13.8 Å². The molecule has 0 aromatic carbocycles. The van der Waals surface area contributed by atoms with Crippen LogP contribution in [0.25, 0.3) is 33.5 Å². The van der Waals surface area contributed by atoms with Gasteiger partial charge in [-0.25, -0.2) is 38.2 Å². The van der Waals surface area contributed by atoms with Crippen LogP contribution in [0.4, 0.5) is 17.7 Å². The number of phosphoric ester groups is 2. The van der Waals surface area contributed by atoms with E-state index in [1.165, 1.54) is 22.5 Å². The molecule has 43 heteroatoms. The summed E-state index contributed by atoms with van der Waals surface area (Å²) in [5, 5.41) is 36.1. The zero-order valence-corrected chi connectivity index (χ0v) is 45.3. The number of H-pyrrole nitrogens is 2. The fraction of sp³-hybridized carbons (Fsp3) is 0.568. The number of aromatic nitrogens is 12. The molecular formula is C37H52N16O23P4. The highest BCUT2D eigenvalue weighted by atomic mass is 31.3. The molecular weight excluding hydrogens is 1160 g/mol. The maximum Gasteiger partial charge on any atom is 0.490 e. The van der Waals surface area contributed by atoms with Crippen molar-refractivity contribution in [2.75, 3.05) is 50.7 Å². The van der Waals surface area contributed by atoms with Crippen molar-refractivity contribution in [1.82, 2.24) is 58.9 Å². The van der Waals surface area contributed by atoms with Crippen molar-refractivity contribution >= 4 is 88.2 Å². The van der Waals surface area contributed by atoms with Gasteiger partial charge in [0.15, 0.2) is 41.4 Å². The lowest BCUT2D eigenvalue weighted by Gasteiger charge is -2.35. The number of nitrogens with one attached hydrogen (secondary N) is 3. The Morgan fingerprint density at radius 1 is 0.787 bits per heavy atom. The maximum absolute atomic E-state index is 14.4. The third kappa shape index (κ3) is 11.7. The normalized spacial score (nSPS) is 29.3. The van der Waals surface area contributed by atoms with Crippen LogP contribution in [0.15, 0.2) is 34.9 Å². The molecule has 15 N–H and O–H groups in total. The topological polar surface area (TPSA) is 565 Å². The number of aromatic amines is 2. The summed E-state index contributed by atoms with van der Waals surface area (Å²) in [6, 6.07) is 0. The summed E-state index contributed by atoms with van der Waals surface area (Å²) < 4.78 is 106. The van der Waals surface area contributed by atoms with Crippen molar-refractivity contribution in [1.29, 1.82) is 0 Å². The second-order valence-electron chi connectivity index (χ2n) is 18.5. The number of nitrogens with zero attached hydrogens (tertiary/aromatic N) is 10. The smallest absolute Gasteiger partial charge is 0.490 e. The van der Waals surface area contributed by atoms with Gasteiger partial charge < -0.3 is 85.4 Å². The number of hydrogen-bond acceptors (Lipinski definition) is 29. The van der Waals surface area contributed by atoms with E-state index in [1.807, 2.05) is 0 Å². The van der Waals surface area contributed by atoms with Crippen LogP contribution in [0.1, 0.15) is 32.5 Å². The van der Waals surface area contributed by atoms with E-state index in [4.69, 9.17) is 49.7 Å². The molecule has 6 aromatic rings. The molecule has 39 nitrogen and oxygen atoms in total. The van der Waals surface area contributed by atoms with E-state index < -0.39 is 147 Å². The Labute approximate surface area is 446 Å². The molecule has 3 aliphatic rings. The molecule has 3 saturated heterocycles. The number of fused-ring (bicyclic) bond motifs is 3. The summed E-state index contributed by atoms with van der Waals surface area (Å²) in [6.07, 6.45) is -12.0. The minimum atomic E-state index is -6.26. The fourth-order valence-corrected chi connectivity index (χ4v) is 14.5. The van der Waals surface area contributed by atoms with Crippen molar-refractivity contribution in [2.24, 2.45) is 18.9 Å². The van der Waals surface area contributed by atoms with Gasteiger partial charge in [-0.05, 0) is 0 Å². The number of imidazole rings is 3. The Morgan fingerprint density at radius 3 is 2.05 bits per heavy atom.